The molecule has 2 aliphatic rings. The van der Waals surface area contributed by atoms with Crippen LogP contribution in [0, 0.1) is 0 Å². The molecule has 0 aliphatic carbocycles. The molecular weight excluding hydrogens is 252 g/mol. The zero-order chi connectivity index (χ0) is 12.9. The number of aliphatic imine (C=N–C) groups is 1. The Labute approximate surface area is 110 Å². The Morgan fingerprint density at radius 2 is 2.22 bits per heavy atom. The topological polar surface area (TPSA) is 47.9 Å². The van der Waals surface area contributed by atoms with Crippen molar-refractivity contribution in [3.05, 3.63) is 22.7 Å². The zero-order valence-corrected chi connectivity index (χ0v) is 11.0. The Kier molecular flexibility index (Phi) is 2.45. The Morgan fingerprint density at radius 1 is 1.44 bits per heavy atom. The molecule has 1 amide bonds. The van der Waals surface area contributed by atoms with E-state index in [2.05, 4.69) is 10.3 Å². The second-order valence-corrected chi connectivity index (χ2v) is 4.94. The van der Waals surface area contributed by atoms with E-state index in [1.165, 1.54) is 0 Å². The van der Waals surface area contributed by atoms with Crippen LogP contribution in [0.5, 0.6) is 0 Å². The van der Waals surface area contributed by atoms with E-state index in [1.807, 2.05) is 36.0 Å². The van der Waals surface area contributed by atoms with E-state index in [9.17, 15) is 4.79 Å². The van der Waals surface area contributed by atoms with Gasteiger partial charge in [0.25, 0.3) is 5.91 Å². The normalized spacial score (nSPS) is 16.9. The van der Waals surface area contributed by atoms with Gasteiger partial charge in [0.15, 0.2) is 0 Å². The van der Waals surface area contributed by atoms with E-state index in [1.54, 1.807) is 0 Å². The molecule has 0 atom stereocenters. The number of hydrogen-bond donors (Lipinski definition) is 1. The van der Waals surface area contributed by atoms with Gasteiger partial charge in [0, 0.05) is 26.2 Å². The molecule has 2 aliphatic heterocycles. The molecule has 6 heteroatoms. The first-order chi connectivity index (χ1) is 8.58. The van der Waals surface area contributed by atoms with Gasteiger partial charge in [-0.2, -0.15) is 4.99 Å². The van der Waals surface area contributed by atoms with Crippen LogP contribution in [0.1, 0.15) is 5.56 Å². The van der Waals surface area contributed by atoms with Crippen molar-refractivity contribution in [2.45, 2.75) is 6.54 Å². The molecule has 0 saturated heterocycles. The van der Waals surface area contributed by atoms with Crippen LogP contribution in [0.25, 0.3) is 0 Å². The molecule has 18 heavy (non-hydrogen) atoms. The van der Waals surface area contributed by atoms with Crippen molar-refractivity contribution >= 4 is 34.8 Å². The van der Waals surface area contributed by atoms with Gasteiger partial charge >= 0.3 is 0 Å². The smallest absolute Gasteiger partial charge is 0.268 e. The first-order valence-corrected chi connectivity index (χ1v) is 6.07. The number of nitrogens with zero attached hydrogens (tertiary/aromatic N) is 3. The van der Waals surface area contributed by atoms with E-state index in [0.29, 0.717) is 12.5 Å². The third-order valence-corrected chi connectivity index (χ3v) is 3.60. The van der Waals surface area contributed by atoms with Crippen LogP contribution in [0.15, 0.2) is 17.1 Å². The molecule has 0 unspecified atom stereocenters. The maximum atomic E-state index is 11.4. The van der Waals surface area contributed by atoms with Crippen molar-refractivity contribution in [3.8, 4) is 0 Å². The Balaban J connectivity index is 2.11. The summed E-state index contributed by atoms with van der Waals surface area (Å²) < 4.78 is 0. The SMILES string of the molecule is CN(C)c1ccc2c(c1Cl)CNC1=NC(=O)CN12. The van der Waals surface area contributed by atoms with Gasteiger partial charge in [0.05, 0.1) is 16.4 Å². The molecule has 0 saturated carbocycles. The van der Waals surface area contributed by atoms with E-state index >= 15 is 0 Å². The molecule has 0 bridgehead atoms. The number of guanidine groups is 1. The van der Waals surface area contributed by atoms with E-state index < -0.39 is 0 Å². The molecule has 0 fully saturated rings. The quantitative estimate of drug-likeness (QED) is 0.828. The lowest BCUT2D eigenvalue weighted by Gasteiger charge is -2.30. The minimum atomic E-state index is -0.127. The van der Waals surface area contributed by atoms with Gasteiger partial charge in [-0.05, 0) is 12.1 Å². The monoisotopic (exact) mass is 264 g/mol. The molecule has 2 heterocycles. The van der Waals surface area contributed by atoms with Crippen molar-refractivity contribution in [2.75, 3.05) is 30.4 Å². The number of anilines is 2. The lowest BCUT2D eigenvalue weighted by Crippen LogP contribution is -2.43. The number of carbonyl (C=O) groups excluding carboxylic acids is 1. The van der Waals surface area contributed by atoms with Gasteiger partial charge in [0.1, 0.15) is 6.54 Å². The van der Waals surface area contributed by atoms with Crippen LogP contribution in [-0.2, 0) is 11.3 Å². The maximum Gasteiger partial charge on any atom is 0.268 e. The highest BCUT2D eigenvalue weighted by Crippen LogP contribution is 2.37. The zero-order valence-electron chi connectivity index (χ0n) is 10.2. The van der Waals surface area contributed by atoms with E-state index in [0.717, 1.165) is 22.0 Å². The first-order valence-electron chi connectivity index (χ1n) is 5.69. The summed E-state index contributed by atoms with van der Waals surface area (Å²) in [5.74, 6) is 0.499. The van der Waals surface area contributed by atoms with Gasteiger partial charge in [-0.1, -0.05) is 11.6 Å². The van der Waals surface area contributed by atoms with Crippen LogP contribution < -0.4 is 15.1 Å². The fraction of sp³-hybridized carbons (Fsp3) is 0.333. The standard InChI is InChI=1S/C12H13ClN4O/c1-16(2)9-4-3-8-7(11(9)13)5-14-12-15-10(18)6-17(8)12/h3-4H,5-6H2,1-2H3,(H,14,15,18). The second-order valence-electron chi connectivity index (χ2n) is 4.56. The van der Waals surface area contributed by atoms with Gasteiger partial charge < -0.3 is 15.1 Å². The molecule has 0 spiro atoms. The van der Waals surface area contributed by atoms with Crippen molar-refractivity contribution < 1.29 is 4.79 Å². The number of amides is 1. The molecule has 0 aromatic heterocycles. The minimum Gasteiger partial charge on any atom is -0.376 e. The average molecular weight is 265 g/mol. The molecule has 1 aromatic carbocycles. The van der Waals surface area contributed by atoms with Crippen molar-refractivity contribution in [1.82, 2.24) is 5.32 Å². The summed E-state index contributed by atoms with van der Waals surface area (Å²) >= 11 is 6.42. The number of hydrogen-bond acceptors (Lipinski definition) is 4. The summed E-state index contributed by atoms with van der Waals surface area (Å²) in [6.07, 6.45) is 0. The number of halogens is 1. The van der Waals surface area contributed by atoms with Gasteiger partial charge in [-0.25, -0.2) is 0 Å². The molecule has 1 aromatic rings. The summed E-state index contributed by atoms with van der Waals surface area (Å²) in [6, 6.07) is 3.96. The molecule has 1 N–H and O–H groups in total. The third-order valence-electron chi connectivity index (χ3n) is 3.17. The van der Waals surface area contributed by atoms with Gasteiger partial charge in [-0.3, -0.25) is 4.79 Å². The number of nitrogens with one attached hydrogen (secondary N) is 1. The van der Waals surface area contributed by atoms with E-state index in [-0.39, 0.29) is 12.5 Å². The van der Waals surface area contributed by atoms with E-state index in [4.69, 9.17) is 11.6 Å². The number of carbonyl (C=O) groups is 1. The molecule has 0 radical (unpaired) electrons. The van der Waals surface area contributed by atoms with Crippen molar-refractivity contribution in [3.63, 3.8) is 0 Å². The maximum absolute atomic E-state index is 11.4. The highest BCUT2D eigenvalue weighted by atomic mass is 35.5. The highest BCUT2D eigenvalue weighted by Gasteiger charge is 2.31. The lowest BCUT2D eigenvalue weighted by molar-refractivity contribution is -0.115. The molecule has 5 nitrogen and oxygen atoms in total. The molecule has 3 rings (SSSR count). The minimum absolute atomic E-state index is 0.127. The number of fused-ring (bicyclic) bond motifs is 3. The van der Waals surface area contributed by atoms with Crippen LogP contribution in [0.4, 0.5) is 11.4 Å². The van der Waals surface area contributed by atoms with Crippen molar-refractivity contribution in [1.29, 1.82) is 0 Å². The van der Waals surface area contributed by atoms with Crippen LogP contribution >= 0.6 is 11.6 Å². The number of benzene rings is 1. The number of rotatable bonds is 1. The first kappa shape index (κ1) is 11.3. The Morgan fingerprint density at radius 3 is 2.94 bits per heavy atom. The summed E-state index contributed by atoms with van der Waals surface area (Å²) in [4.78, 5) is 19.1. The van der Waals surface area contributed by atoms with Gasteiger partial charge in [0.2, 0.25) is 5.96 Å². The summed E-state index contributed by atoms with van der Waals surface area (Å²) in [5.41, 5.74) is 2.95. The fourth-order valence-corrected chi connectivity index (χ4v) is 2.69. The summed E-state index contributed by atoms with van der Waals surface area (Å²) in [6.45, 7) is 0.880. The fourth-order valence-electron chi connectivity index (χ4n) is 2.29. The molecular formula is C12H13ClN4O. The average Bonchev–Trinajstić information content (AvgIpc) is 2.69. The summed E-state index contributed by atoms with van der Waals surface area (Å²) in [7, 11) is 3.91. The second kappa shape index (κ2) is 3.88. The predicted octanol–water partition coefficient (Wildman–Crippen LogP) is 1.21. The third kappa shape index (κ3) is 1.54. The Hall–Kier alpha value is -1.75. The summed E-state index contributed by atoms with van der Waals surface area (Å²) in [5, 5.41) is 3.85. The van der Waals surface area contributed by atoms with Crippen LogP contribution in [0.3, 0.4) is 0 Å². The predicted molar refractivity (Wildman–Crippen MR) is 72.4 cm³/mol. The van der Waals surface area contributed by atoms with Crippen LogP contribution in [-0.4, -0.2) is 32.5 Å². The van der Waals surface area contributed by atoms with Gasteiger partial charge in [-0.15, -0.1) is 0 Å². The lowest BCUT2D eigenvalue weighted by atomic mass is 10.1. The molecule has 94 valence electrons. The Bertz CT molecular complexity index is 567. The highest BCUT2D eigenvalue weighted by molar-refractivity contribution is 6.35. The van der Waals surface area contributed by atoms with Crippen LogP contribution in [0.2, 0.25) is 5.02 Å². The largest absolute Gasteiger partial charge is 0.376 e. The van der Waals surface area contributed by atoms with Crippen molar-refractivity contribution in [2.24, 2.45) is 4.99 Å².